The highest BCUT2D eigenvalue weighted by molar-refractivity contribution is 7.10. The molecule has 0 fully saturated rings. The molecule has 4 rings (SSSR count). The number of nitrogens with zero attached hydrogens (tertiary/aromatic N) is 4. The van der Waals surface area contributed by atoms with Gasteiger partial charge in [0.2, 0.25) is 5.91 Å². The Morgan fingerprint density at radius 1 is 1.26 bits per heavy atom. The van der Waals surface area contributed by atoms with Gasteiger partial charge in [0.15, 0.2) is 5.82 Å². The van der Waals surface area contributed by atoms with Gasteiger partial charge in [0.25, 0.3) is 0 Å². The molecular formula is C20H21N5OS. The second kappa shape index (κ2) is 7.44. The summed E-state index contributed by atoms with van der Waals surface area (Å²) in [6.45, 7) is 5.59. The summed E-state index contributed by atoms with van der Waals surface area (Å²) in [6.07, 6.45) is 2.66. The van der Waals surface area contributed by atoms with Crippen molar-refractivity contribution in [2.24, 2.45) is 0 Å². The first-order valence-electron chi connectivity index (χ1n) is 8.95. The number of nitrogens with one attached hydrogen (secondary N) is 1. The van der Waals surface area contributed by atoms with Crippen molar-refractivity contribution in [3.63, 3.8) is 0 Å². The van der Waals surface area contributed by atoms with Crippen LogP contribution in [0.25, 0.3) is 11.5 Å². The lowest BCUT2D eigenvalue weighted by molar-refractivity contribution is -0.130. The maximum atomic E-state index is 12.7. The molecule has 0 saturated heterocycles. The third-order valence-corrected chi connectivity index (χ3v) is 5.87. The van der Waals surface area contributed by atoms with Crippen molar-refractivity contribution in [1.29, 1.82) is 0 Å². The lowest BCUT2D eigenvalue weighted by Crippen LogP contribution is -2.39. The predicted molar refractivity (Wildman–Crippen MR) is 107 cm³/mol. The molecule has 6 nitrogen and oxygen atoms in total. The summed E-state index contributed by atoms with van der Waals surface area (Å²) >= 11 is 1.78. The summed E-state index contributed by atoms with van der Waals surface area (Å²) in [7, 11) is 0. The average molecular weight is 379 g/mol. The number of carbonyl (C=O) groups is 1. The van der Waals surface area contributed by atoms with E-state index in [-0.39, 0.29) is 12.5 Å². The van der Waals surface area contributed by atoms with E-state index < -0.39 is 0 Å². The number of hydrogen-bond donors (Lipinski definition) is 1. The van der Waals surface area contributed by atoms with Gasteiger partial charge in [-0.3, -0.25) is 9.78 Å². The van der Waals surface area contributed by atoms with Crippen molar-refractivity contribution in [3.8, 4) is 11.5 Å². The molecular weight excluding hydrogens is 358 g/mol. The van der Waals surface area contributed by atoms with E-state index in [0.717, 1.165) is 29.9 Å². The maximum absolute atomic E-state index is 12.7. The van der Waals surface area contributed by atoms with E-state index in [1.165, 1.54) is 10.4 Å². The number of aromatic nitrogens is 3. The molecule has 1 aliphatic rings. The summed E-state index contributed by atoms with van der Waals surface area (Å²) < 4.78 is 0. The van der Waals surface area contributed by atoms with Gasteiger partial charge in [-0.15, -0.1) is 11.3 Å². The van der Waals surface area contributed by atoms with Gasteiger partial charge in [-0.1, -0.05) is 6.07 Å². The zero-order valence-electron chi connectivity index (χ0n) is 15.4. The number of thiophene rings is 1. The van der Waals surface area contributed by atoms with E-state index in [2.05, 4.69) is 31.7 Å². The predicted octanol–water partition coefficient (Wildman–Crippen LogP) is 3.21. The fourth-order valence-electron chi connectivity index (χ4n) is 3.14. The van der Waals surface area contributed by atoms with E-state index in [1.807, 2.05) is 36.9 Å². The Bertz CT molecular complexity index is 970. The minimum absolute atomic E-state index is 0.0851. The second-order valence-electron chi connectivity index (χ2n) is 6.61. The topological polar surface area (TPSA) is 71.0 Å². The zero-order chi connectivity index (χ0) is 18.8. The molecule has 7 heteroatoms. The van der Waals surface area contributed by atoms with Crippen LogP contribution in [0.5, 0.6) is 0 Å². The van der Waals surface area contributed by atoms with Crippen molar-refractivity contribution in [2.45, 2.75) is 26.8 Å². The zero-order valence-corrected chi connectivity index (χ0v) is 16.2. The molecule has 1 amide bonds. The first-order chi connectivity index (χ1) is 13.1. The molecule has 1 aliphatic heterocycles. The van der Waals surface area contributed by atoms with Crippen molar-refractivity contribution < 1.29 is 4.79 Å². The highest BCUT2D eigenvalue weighted by atomic mass is 32.1. The minimum Gasteiger partial charge on any atom is -0.361 e. The van der Waals surface area contributed by atoms with Crippen LogP contribution in [-0.4, -0.2) is 38.8 Å². The number of rotatable bonds is 4. The number of fused-ring (bicyclic) bond motifs is 1. The third kappa shape index (κ3) is 3.68. The van der Waals surface area contributed by atoms with Crippen molar-refractivity contribution in [2.75, 3.05) is 18.4 Å². The average Bonchev–Trinajstić information content (AvgIpc) is 3.17. The SMILES string of the molecule is Cc1nc(-c2ccccn2)nc(NCC(=O)N2CCc3sccc3C2)c1C. The maximum Gasteiger partial charge on any atom is 0.242 e. The molecule has 3 aromatic heterocycles. The minimum atomic E-state index is 0.0851. The fourth-order valence-corrected chi connectivity index (χ4v) is 4.03. The molecule has 27 heavy (non-hydrogen) atoms. The molecule has 4 heterocycles. The third-order valence-electron chi connectivity index (χ3n) is 4.85. The molecule has 138 valence electrons. The largest absolute Gasteiger partial charge is 0.361 e. The van der Waals surface area contributed by atoms with E-state index in [4.69, 9.17) is 0 Å². The standard InChI is InChI=1S/C20H21N5OS/c1-13-14(2)23-20(16-5-3-4-8-21-16)24-19(13)22-11-18(26)25-9-6-17-15(12-25)7-10-27-17/h3-5,7-8,10H,6,9,11-12H2,1-2H3,(H,22,23,24). The van der Waals surface area contributed by atoms with Crippen LogP contribution < -0.4 is 5.32 Å². The summed E-state index contributed by atoms with van der Waals surface area (Å²) in [5.74, 6) is 1.33. The van der Waals surface area contributed by atoms with Gasteiger partial charge in [-0.2, -0.15) is 0 Å². The molecule has 0 saturated carbocycles. The quantitative estimate of drug-likeness (QED) is 0.754. The van der Waals surface area contributed by atoms with Crippen LogP contribution in [0.1, 0.15) is 21.7 Å². The highest BCUT2D eigenvalue weighted by Gasteiger charge is 2.21. The summed E-state index contributed by atoms with van der Waals surface area (Å²) in [4.78, 5) is 29.4. The van der Waals surface area contributed by atoms with Crippen molar-refractivity contribution in [3.05, 3.63) is 57.5 Å². The van der Waals surface area contributed by atoms with Gasteiger partial charge in [0.05, 0.1) is 6.54 Å². The first kappa shape index (κ1) is 17.6. The molecule has 0 atom stereocenters. The Hall–Kier alpha value is -2.80. The van der Waals surface area contributed by atoms with Crippen LogP contribution in [0.3, 0.4) is 0 Å². The van der Waals surface area contributed by atoms with E-state index in [9.17, 15) is 4.79 Å². The number of pyridine rings is 1. The smallest absolute Gasteiger partial charge is 0.242 e. The lowest BCUT2D eigenvalue weighted by atomic mass is 10.1. The molecule has 0 bridgehead atoms. The van der Waals surface area contributed by atoms with Crippen LogP contribution in [0.2, 0.25) is 0 Å². The summed E-state index contributed by atoms with van der Waals surface area (Å²) in [5, 5.41) is 5.31. The normalized spacial score (nSPS) is 13.3. The molecule has 0 unspecified atom stereocenters. The molecule has 0 spiro atoms. The van der Waals surface area contributed by atoms with E-state index in [0.29, 0.717) is 18.2 Å². The first-order valence-corrected chi connectivity index (χ1v) is 9.83. The number of amides is 1. The van der Waals surface area contributed by atoms with Gasteiger partial charge in [0, 0.05) is 35.4 Å². The van der Waals surface area contributed by atoms with Gasteiger partial charge in [-0.05, 0) is 49.4 Å². The van der Waals surface area contributed by atoms with Crippen molar-refractivity contribution >= 4 is 23.1 Å². The van der Waals surface area contributed by atoms with Crippen LogP contribution in [0, 0.1) is 13.8 Å². The molecule has 3 aromatic rings. The number of hydrogen-bond acceptors (Lipinski definition) is 6. The van der Waals surface area contributed by atoms with Gasteiger partial charge >= 0.3 is 0 Å². The summed E-state index contributed by atoms with van der Waals surface area (Å²) in [5.41, 5.74) is 3.81. The monoisotopic (exact) mass is 379 g/mol. The number of anilines is 1. The van der Waals surface area contributed by atoms with Gasteiger partial charge < -0.3 is 10.2 Å². The van der Waals surface area contributed by atoms with E-state index >= 15 is 0 Å². The second-order valence-corrected chi connectivity index (χ2v) is 7.61. The van der Waals surface area contributed by atoms with Crippen molar-refractivity contribution in [1.82, 2.24) is 19.9 Å². The Kier molecular flexibility index (Phi) is 4.85. The van der Waals surface area contributed by atoms with Crippen LogP contribution in [-0.2, 0) is 17.8 Å². The highest BCUT2D eigenvalue weighted by Crippen LogP contribution is 2.24. The van der Waals surface area contributed by atoms with Crippen LogP contribution in [0.15, 0.2) is 35.8 Å². The summed E-state index contributed by atoms with van der Waals surface area (Å²) in [6, 6.07) is 7.77. The lowest BCUT2D eigenvalue weighted by Gasteiger charge is -2.27. The number of carbonyl (C=O) groups excluding carboxylic acids is 1. The fraction of sp³-hybridized carbons (Fsp3) is 0.300. The molecule has 0 radical (unpaired) electrons. The van der Waals surface area contributed by atoms with E-state index in [1.54, 1.807) is 17.5 Å². The molecule has 1 N–H and O–H groups in total. The van der Waals surface area contributed by atoms with Crippen LogP contribution >= 0.6 is 11.3 Å². The van der Waals surface area contributed by atoms with Crippen LogP contribution in [0.4, 0.5) is 5.82 Å². The van der Waals surface area contributed by atoms with Gasteiger partial charge in [-0.25, -0.2) is 9.97 Å². The Morgan fingerprint density at radius 3 is 2.96 bits per heavy atom. The Balaban J connectivity index is 1.48. The van der Waals surface area contributed by atoms with Gasteiger partial charge in [0.1, 0.15) is 11.5 Å². The Morgan fingerprint density at radius 2 is 2.15 bits per heavy atom. The Labute approximate surface area is 162 Å². The number of aryl methyl sites for hydroxylation is 1. The molecule has 0 aromatic carbocycles. The molecule has 0 aliphatic carbocycles.